The Bertz CT molecular complexity index is 1880. The Hall–Kier alpha value is -3.59. The van der Waals surface area contributed by atoms with E-state index in [9.17, 15) is 19.0 Å². The van der Waals surface area contributed by atoms with Gasteiger partial charge in [-0.15, -0.1) is 0 Å². The number of phosphoric acid groups is 1. The molecule has 2 unspecified atom stereocenters. The Kier molecular flexibility index (Phi) is 70.5. The van der Waals surface area contributed by atoms with Gasteiger partial charge in [0.05, 0.1) is 13.2 Å². The van der Waals surface area contributed by atoms with Gasteiger partial charge in [-0.25, -0.2) is 4.57 Å². The summed E-state index contributed by atoms with van der Waals surface area (Å²) in [6, 6.07) is 0. The highest BCUT2D eigenvalue weighted by molar-refractivity contribution is 7.47. The number of carbonyl (C=O) groups is 2. The zero-order chi connectivity index (χ0) is 64.4. The topological polar surface area (TPSA) is 134 Å². The molecule has 89 heavy (non-hydrogen) atoms. The summed E-state index contributed by atoms with van der Waals surface area (Å²) in [5.74, 6) is -0.824. The fraction of sp³-hybridized carbons (Fsp3) is 0.722. The average molecular weight is 1260 g/mol. The van der Waals surface area contributed by atoms with Crippen LogP contribution in [0, 0.1) is 0 Å². The highest BCUT2D eigenvalue weighted by atomic mass is 31.2. The van der Waals surface area contributed by atoms with Gasteiger partial charge < -0.3 is 20.1 Å². The summed E-state index contributed by atoms with van der Waals surface area (Å²) in [6.07, 6.45) is 103. The number of rotatable bonds is 69. The first kappa shape index (κ1) is 85.4. The van der Waals surface area contributed by atoms with E-state index >= 15 is 0 Å². The van der Waals surface area contributed by atoms with E-state index in [4.69, 9.17) is 24.3 Å². The maximum absolute atomic E-state index is 12.8. The number of phosphoric ester groups is 1. The van der Waals surface area contributed by atoms with Gasteiger partial charge in [-0.2, -0.15) is 0 Å². The quantitative estimate of drug-likeness (QED) is 0.0264. The molecule has 10 heteroatoms. The fourth-order valence-electron chi connectivity index (χ4n) is 10.4. The zero-order valence-corrected chi connectivity index (χ0v) is 58.5. The first-order valence-electron chi connectivity index (χ1n) is 37.0. The molecule has 0 rings (SSSR count). The van der Waals surface area contributed by atoms with Crippen molar-refractivity contribution in [3.05, 3.63) is 122 Å². The SMILES string of the molecule is CC/C=C\C/C=C\C/C=C\C/C=C\C/C=C\C/C=C\C/C=C\C/C=C\C/C=C\C/C=C\CCCCCCCCCCCCC(=O)OC(COC(=O)CCCCCCCCCCCCCCCCCCCCCCCCCCCCC)COP(=O)(O)OCCN. The number of esters is 2. The molecule has 0 aliphatic heterocycles. The first-order chi connectivity index (χ1) is 43.8. The molecule has 512 valence electrons. The van der Waals surface area contributed by atoms with Crippen molar-refractivity contribution in [1.29, 1.82) is 0 Å². The predicted molar refractivity (Wildman–Crippen MR) is 385 cm³/mol. The first-order valence-corrected chi connectivity index (χ1v) is 38.5. The lowest BCUT2D eigenvalue weighted by atomic mass is 10.0. The van der Waals surface area contributed by atoms with Crippen LogP contribution in [0.25, 0.3) is 0 Å². The number of hydrogen-bond acceptors (Lipinski definition) is 8. The molecule has 0 saturated heterocycles. The molecule has 0 amide bonds. The van der Waals surface area contributed by atoms with E-state index < -0.39 is 26.5 Å². The number of ether oxygens (including phenoxy) is 2. The van der Waals surface area contributed by atoms with Crippen molar-refractivity contribution in [2.24, 2.45) is 5.73 Å². The van der Waals surface area contributed by atoms with Gasteiger partial charge in [0.15, 0.2) is 6.10 Å². The molecular formula is C79H138NO8P. The second-order valence-electron chi connectivity index (χ2n) is 24.4. The molecule has 0 radical (unpaired) electrons. The van der Waals surface area contributed by atoms with Crippen LogP contribution >= 0.6 is 7.82 Å². The van der Waals surface area contributed by atoms with Gasteiger partial charge in [0, 0.05) is 19.4 Å². The minimum absolute atomic E-state index is 0.0496. The van der Waals surface area contributed by atoms with Crippen molar-refractivity contribution in [3.8, 4) is 0 Å². The molecule has 9 nitrogen and oxygen atoms in total. The van der Waals surface area contributed by atoms with E-state index in [1.54, 1.807) is 0 Å². The van der Waals surface area contributed by atoms with Crippen molar-refractivity contribution >= 4 is 19.8 Å². The number of unbranched alkanes of at least 4 members (excludes halogenated alkanes) is 36. The van der Waals surface area contributed by atoms with E-state index in [1.165, 1.54) is 193 Å². The maximum atomic E-state index is 12.8. The smallest absolute Gasteiger partial charge is 0.462 e. The van der Waals surface area contributed by atoms with Crippen LogP contribution in [0.15, 0.2) is 122 Å². The lowest BCUT2D eigenvalue weighted by Crippen LogP contribution is -2.29. The maximum Gasteiger partial charge on any atom is 0.472 e. The summed E-state index contributed by atoms with van der Waals surface area (Å²) in [4.78, 5) is 35.4. The van der Waals surface area contributed by atoms with Gasteiger partial charge in [-0.3, -0.25) is 18.6 Å². The van der Waals surface area contributed by atoms with Gasteiger partial charge in [-0.1, -0.05) is 354 Å². The van der Waals surface area contributed by atoms with Gasteiger partial charge in [-0.05, 0) is 89.9 Å². The van der Waals surface area contributed by atoms with Crippen LogP contribution in [0.1, 0.15) is 335 Å². The van der Waals surface area contributed by atoms with Crippen LogP contribution in [0.3, 0.4) is 0 Å². The predicted octanol–water partition coefficient (Wildman–Crippen LogP) is 24.6. The van der Waals surface area contributed by atoms with Crippen molar-refractivity contribution in [2.75, 3.05) is 26.4 Å². The van der Waals surface area contributed by atoms with E-state index in [0.29, 0.717) is 6.42 Å². The Morgan fingerprint density at radius 1 is 0.348 bits per heavy atom. The van der Waals surface area contributed by atoms with Crippen LogP contribution in [-0.4, -0.2) is 49.3 Å². The molecule has 0 aromatic rings. The molecule has 0 bridgehead atoms. The average Bonchev–Trinajstić information content (AvgIpc) is 3.58. The minimum Gasteiger partial charge on any atom is -0.462 e. The lowest BCUT2D eigenvalue weighted by Gasteiger charge is -2.19. The summed E-state index contributed by atoms with van der Waals surface area (Å²) in [5, 5.41) is 0. The summed E-state index contributed by atoms with van der Waals surface area (Å²) >= 11 is 0. The molecule has 0 aromatic carbocycles. The minimum atomic E-state index is -4.40. The standard InChI is InChI=1S/C79H138NO8P/c1-3-5-7-9-11-13-15-17-19-21-23-25-27-29-31-32-33-34-35-36-37-38-39-40-41-42-43-44-46-48-50-52-54-56-58-60-62-64-66-68-70-72-79(82)88-77(76-87-89(83,84)86-74-73-80)75-85-78(81)71-69-67-65-63-61-59-57-55-53-51-49-47-45-30-28-26-24-22-20-18-16-14-12-10-8-6-4-2/h5,7,11,13,17,19,23,25,29,31,33-34,36-37,39-40,42-43,46,48,77H,3-4,6,8-10,12,14-16,18,20-22,24,26-28,30,32,35,38,41,44-45,47,49-76,80H2,1-2H3,(H,83,84)/b7-5-,13-11-,19-17-,25-23-,31-29-,34-33-,37-36-,40-39-,43-42-,48-46-. The summed E-state index contributed by atoms with van der Waals surface area (Å²) < 4.78 is 33.2. The zero-order valence-electron chi connectivity index (χ0n) is 57.6. The van der Waals surface area contributed by atoms with Gasteiger partial charge in [0.2, 0.25) is 0 Å². The Morgan fingerprint density at radius 3 is 0.921 bits per heavy atom. The number of hydrogen-bond donors (Lipinski definition) is 2. The van der Waals surface area contributed by atoms with Crippen LogP contribution in [0.2, 0.25) is 0 Å². The normalized spacial score (nSPS) is 13.6. The second-order valence-corrected chi connectivity index (χ2v) is 25.9. The molecule has 0 aliphatic carbocycles. The Morgan fingerprint density at radius 2 is 0.618 bits per heavy atom. The molecule has 0 aliphatic rings. The third-order valence-electron chi connectivity index (χ3n) is 15.9. The van der Waals surface area contributed by atoms with Gasteiger partial charge in [0.25, 0.3) is 0 Å². The molecule has 3 N–H and O–H groups in total. The Balaban J connectivity index is 3.90. The molecule has 0 fully saturated rings. The molecule has 0 saturated carbocycles. The van der Waals surface area contributed by atoms with Crippen molar-refractivity contribution in [2.45, 2.75) is 341 Å². The molecule has 0 spiro atoms. The van der Waals surface area contributed by atoms with E-state index in [-0.39, 0.29) is 38.6 Å². The van der Waals surface area contributed by atoms with Crippen LogP contribution in [-0.2, 0) is 32.7 Å². The highest BCUT2D eigenvalue weighted by Gasteiger charge is 2.26. The highest BCUT2D eigenvalue weighted by Crippen LogP contribution is 2.43. The Labute approximate surface area is 549 Å². The van der Waals surface area contributed by atoms with E-state index in [0.717, 1.165) is 109 Å². The third-order valence-corrected chi connectivity index (χ3v) is 16.8. The number of carbonyl (C=O) groups excluding carboxylic acids is 2. The van der Waals surface area contributed by atoms with Crippen LogP contribution in [0.5, 0.6) is 0 Å². The molecular weight excluding hydrogens is 1120 g/mol. The second kappa shape index (κ2) is 73.5. The fourth-order valence-corrected chi connectivity index (χ4v) is 11.2. The van der Waals surface area contributed by atoms with E-state index in [2.05, 4.69) is 135 Å². The number of allylic oxidation sites excluding steroid dienone is 20. The lowest BCUT2D eigenvalue weighted by molar-refractivity contribution is -0.161. The van der Waals surface area contributed by atoms with Crippen molar-refractivity contribution < 1.29 is 37.6 Å². The molecule has 0 aromatic heterocycles. The third kappa shape index (κ3) is 73.3. The van der Waals surface area contributed by atoms with Crippen molar-refractivity contribution in [3.63, 3.8) is 0 Å². The molecule has 2 atom stereocenters. The monoisotopic (exact) mass is 1260 g/mol. The van der Waals surface area contributed by atoms with Crippen LogP contribution in [0.4, 0.5) is 0 Å². The summed E-state index contributed by atoms with van der Waals surface area (Å²) in [6.45, 7) is 3.67. The largest absolute Gasteiger partial charge is 0.472 e. The van der Waals surface area contributed by atoms with Crippen molar-refractivity contribution in [1.82, 2.24) is 0 Å². The molecule has 0 heterocycles. The van der Waals surface area contributed by atoms with Gasteiger partial charge in [0.1, 0.15) is 6.61 Å². The summed E-state index contributed by atoms with van der Waals surface area (Å²) in [7, 11) is -4.40. The van der Waals surface area contributed by atoms with E-state index in [1.807, 2.05) is 0 Å². The summed E-state index contributed by atoms with van der Waals surface area (Å²) in [5.41, 5.74) is 5.41. The number of nitrogens with two attached hydrogens (primary N) is 1. The van der Waals surface area contributed by atoms with Crippen LogP contribution < -0.4 is 5.73 Å². The van der Waals surface area contributed by atoms with Gasteiger partial charge >= 0.3 is 19.8 Å².